The maximum atomic E-state index is 12.6. The molecule has 7 nitrogen and oxygen atoms in total. The summed E-state index contributed by atoms with van der Waals surface area (Å²) in [7, 11) is 0. The maximum absolute atomic E-state index is 12.6. The van der Waals surface area contributed by atoms with Crippen LogP contribution >= 0.6 is 0 Å². The Morgan fingerprint density at radius 1 is 1.08 bits per heavy atom. The van der Waals surface area contributed by atoms with Crippen LogP contribution in [0.2, 0.25) is 0 Å². The smallest absolute Gasteiger partial charge is 0.287 e. The normalized spacial score (nSPS) is 10.9. The van der Waals surface area contributed by atoms with Crippen LogP contribution in [0.15, 0.2) is 48.9 Å². The molecule has 3 aromatic heterocycles. The van der Waals surface area contributed by atoms with E-state index in [4.69, 9.17) is 0 Å². The molecule has 0 atom stereocenters. The third-order valence-electron chi connectivity index (χ3n) is 3.84. The lowest BCUT2D eigenvalue weighted by Crippen LogP contribution is -2.28. The largest absolute Gasteiger partial charge is 0.350 e. The topological polar surface area (TPSA) is 88.4 Å². The molecule has 0 aromatic carbocycles. The monoisotopic (exact) mass is 351 g/mol. The molecule has 3 rings (SSSR count). The molecule has 0 radical (unpaired) electrons. The van der Waals surface area contributed by atoms with Crippen molar-refractivity contribution >= 4 is 17.3 Å². The van der Waals surface area contributed by atoms with Crippen LogP contribution in [0.4, 0.5) is 0 Å². The lowest BCUT2D eigenvalue weighted by Gasteiger charge is -2.05. The van der Waals surface area contributed by atoms with E-state index in [1.807, 2.05) is 32.0 Å². The molecule has 0 saturated carbocycles. The quantitative estimate of drug-likeness (QED) is 0.711. The van der Waals surface area contributed by atoms with E-state index in [1.54, 1.807) is 35.1 Å². The first-order valence-corrected chi connectivity index (χ1v) is 8.48. The van der Waals surface area contributed by atoms with Crippen LogP contribution in [-0.2, 0) is 6.54 Å². The highest BCUT2D eigenvalue weighted by Gasteiger charge is 2.21. The number of hydrogen-bond donors (Lipinski definition) is 2. The third kappa shape index (κ3) is 3.88. The summed E-state index contributed by atoms with van der Waals surface area (Å²) in [4.78, 5) is 33.3. The van der Waals surface area contributed by atoms with Gasteiger partial charge in [-0.2, -0.15) is 0 Å². The van der Waals surface area contributed by atoms with Crippen molar-refractivity contribution in [3.05, 3.63) is 66.0 Å². The van der Waals surface area contributed by atoms with Gasteiger partial charge in [0.2, 0.25) is 5.82 Å². The summed E-state index contributed by atoms with van der Waals surface area (Å²) >= 11 is 0. The Bertz CT molecular complexity index is 918. The highest BCUT2D eigenvalue weighted by molar-refractivity contribution is 6.02. The molecular weight excluding hydrogens is 330 g/mol. The number of carbonyl (C=O) groups is 2. The highest BCUT2D eigenvalue weighted by atomic mass is 16.2. The zero-order valence-corrected chi connectivity index (χ0v) is 14.8. The van der Waals surface area contributed by atoms with Crippen LogP contribution in [0.3, 0.4) is 0 Å². The molecule has 2 amide bonds. The van der Waals surface area contributed by atoms with Crippen molar-refractivity contribution in [1.29, 1.82) is 0 Å². The lowest BCUT2D eigenvalue weighted by atomic mass is 10.2. The number of imidazole rings is 1. The average molecular weight is 351 g/mol. The Morgan fingerprint density at radius 3 is 2.58 bits per heavy atom. The first-order valence-electron chi connectivity index (χ1n) is 8.48. The zero-order valence-electron chi connectivity index (χ0n) is 14.8. The summed E-state index contributed by atoms with van der Waals surface area (Å²) in [6.45, 7) is 4.94. The fourth-order valence-corrected chi connectivity index (χ4v) is 2.51. The molecule has 2 N–H and O–H groups in total. The van der Waals surface area contributed by atoms with E-state index in [1.165, 1.54) is 0 Å². The van der Waals surface area contributed by atoms with Crippen molar-refractivity contribution in [2.75, 3.05) is 6.54 Å². The average Bonchev–Trinajstić information content (AvgIpc) is 3.05. The van der Waals surface area contributed by atoms with Gasteiger partial charge in [0, 0.05) is 31.7 Å². The molecule has 0 aliphatic rings. The van der Waals surface area contributed by atoms with E-state index >= 15 is 0 Å². The first-order chi connectivity index (χ1) is 12.6. The summed E-state index contributed by atoms with van der Waals surface area (Å²) in [5.41, 5.74) is 1.78. The first kappa shape index (κ1) is 17.6. The second-order valence-electron chi connectivity index (χ2n) is 6.38. The number of nitrogens with one attached hydrogen (secondary N) is 2. The van der Waals surface area contributed by atoms with Gasteiger partial charge in [0.05, 0.1) is 5.52 Å². The second kappa shape index (κ2) is 7.77. The summed E-state index contributed by atoms with van der Waals surface area (Å²) in [6.07, 6.45) is 5.07. The van der Waals surface area contributed by atoms with Crippen LogP contribution < -0.4 is 10.6 Å². The molecule has 0 aliphatic heterocycles. The number of pyridine rings is 2. The summed E-state index contributed by atoms with van der Waals surface area (Å²) < 4.78 is 1.63. The van der Waals surface area contributed by atoms with Gasteiger partial charge in [-0.25, -0.2) is 4.98 Å². The third-order valence-corrected chi connectivity index (χ3v) is 3.84. The van der Waals surface area contributed by atoms with Crippen LogP contribution in [0.1, 0.15) is 40.5 Å². The standard InChI is InChI=1S/C19H21N5O2/c1-13(2)11-21-18(25)16-15-5-3-4-10-24(15)17(23-16)19(26)22-12-14-6-8-20-9-7-14/h3-10,13H,11-12H2,1-2H3,(H,21,25)(H,22,26). The van der Waals surface area contributed by atoms with Gasteiger partial charge in [0.25, 0.3) is 11.8 Å². The minimum absolute atomic E-state index is 0.185. The predicted octanol–water partition coefficient (Wildman–Crippen LogP) is 2.05. The Kier molecular flexibility index (Phi) is 5.26. The van der Waals surface area contributed by atoms with Gasteiger partial charge in [-0.1, -0.05) is 19.9 Å². The summed E-state index contributed by atoms with van der Waals surface area (Å²) in [6, 6.07) is 9.04. The van der Waals surface area contributed by atoms with Crippen LogP contribution in [0, 0.1) is 5.92 Å². The van der Waals surface area contributed by atoms with Crippen LogP contribution in [0.25, 0.3) is 5.52 Å². The minimum atomic E-state index is -0.342. The molecule has 7 heteroatoms. The molecule has 0 unspecified atom stereocenters. The van der Waals surface area contributed by atoms with Crippen molar-refractivity contribution in [1.82, 2.24) is 25.0 Å². The van der Waals surface area contributed by atoms with Gasteiger partial charge in [0.1, 0.15) is 0 Å². The fraction of sp³-hybridized carbons (Fsp3) is 0.263. The molecule has 0 aliphatic carbocycles. The summed E-state index contributed by atoms with van der Waals surface area (Å²) in [5, 5.41) is 5.68. The Balaban J connectivity index is 1.84. The number of amides is 2. The molecule has 0 spiro atoms. The highest BCUT2D eigenvalue weighted by Crippen LogP contribution is 2.13. The number of aromatic nitrogens is 3. The number of hydrogen-bond acceptors (Lipinski definition) is 4. The molecule has 134 valence electrons. The van der Waals surface area contributed by atoms with Crippen LogP contribution in [0.5, 0.6) is 0 Å². The second-order valence-corrected chi connectivity index (χ2v) is 6.38. The van der Waals surface area contributed by atoms with Crippen LogP contribution in [-0.4, -0.2) is 32.7 Å². The SMILES string of the molecule is CC(C)CNC(=O)c1nc(C(=O)NCc2ccncc2)n2ccccc12. The predicted molar refractivity (Wildman–Crippen MR) is 97.8 cm³/mol. The van der Waals surface area contributed by atoms with Gasteiger partial charge < -0.3 is 10.6 Å². The van der Waals surface area contributed by atoms with E-state index in [-0.39, 0.29) is 23.3 Å². The van der Waals surface area contributed by atoms with Crippen molar-refractivity contribution in [3.63, 3.8) is 0 Å². The Labute approximate surface area is 151 Å². The molecule has 0 saturated heterocycles. The Hall–Kier alpha value is -3.22. The molecule has 3 heterocycles. The van der Waals surface area contributed by atoms with Crippen molar-refractivity contribution < 1.29 is 9.59 Å². The van der Waals surface area contributed by atoms with Gasteiger partial charge in [0.15, 0.2) is 5.69 Å². The number of nitrogens with zero attached hydrogens (tertiary/aromatic N) is 3. The van der Waals surface area contributed by atoms with E-state index in [9.17, 15) is 9.59 Å². The van der Waals surface area contributed by atoms with Crippen molar-refractivity contribution in [2.24, 2.45) is 5.92 Å². The van der Waals surface area contributed by atoms with Crippen molar-refractivity contribution in [2.45, 2.75) is 20.4 Å². The zero-order chi connectivity index (χ0) is 18.5. The van der Waals surface area contributed by atoms with Gasteiger partial charge in [-0.3, -0.25) is 19.0 Å². The van der Waals surface area contributed by atoms with Crippen molar-refractivity contribution in [3.8, 4) is 0 Å². The molecule has 26 heavy (non-hydrogen) atoms. The molecular formula is C19H21N5O2. The lowest BCUT2D eigenvalue weighted by molar-refractivity contribution is 0.0939. The summed E-state index contributed by atoms with van der Waals surface area (Å²) in [5.74, 6) is -0.109. The maximum Gasteiger partial charge on any atom is 0.287 e. The molecule has 3 aromatic rings. The molecule has 0 fully saturated rings. The van der Waals surface area contributed by atoms with E-state index in [2.05, 4.69) is 20.6 Å². The van der Waals surface area contributed by atoms with E-state index in [0.29, 0.717) is 24.5 Å². The molecule has 0 bridgehead atoms. The number of fused-ring (bicyclic) bond motifs is 1. The van der Waals surface area contributed by atoms with Gasteiger partial charge >= 0.3 is 0 Å². The number of carbonyl (C=O) groups excluding carboxylic acids is 2. The Morgan fingerprint density at radius 2 is 1.85 bits per heavy atom. The minimum Gasteiger partial charge on any atom is -0.350 e. The van der Waals surface area contributed by atoms with Gasteiger partial charge in [-0.05, 0) is 35.7 Å². The van der Waals surface area contributed by atoms with E-state index in [0.717, 1.165) is 5.56 Å². The van der Waals surface area contributed by atoms with Gasteiger partial charge in [-0.15, -0.1) is 0 Å². The number of rotatable bonds is 6. The van der Waals surface area contributed by atoms with E-state index < -0.39 is 0 Å². The fourth-order valence-electron chi connectivity index (χ4n) is 2.51.